The highest BCUT2D eigenvalue weighted by atomic mass is 35.7. The van der Waals surface area contributed by atoms with Crippen LogP contribution in [-0.2, 0) is 0 Å². The Kier molecular flexibility index (Phi) is 4.74. The van der Waals surface area contributed by atoms with Gasteiger partial charge in [-0.1, -0.05) is 0 Å². The quantitative estimate of drug-likeness (QED) is 0.389. The van der Waals surface area contributed by atoms with Crippen LogP contribution in [0.15, 0.2) is 0 Å². The first kappa shape index (κ1) is 14.5. The molecule has 0 nitrogen and oxygen atoms in total. The lowest BCUT2D eigenvalue weighted by molar-refractivity contribution is -0.102. The summed E-state index contributed by atoms with van der Waals surface area (Å²) in [5, 5.41) is 0. The average Bonchev–Trinajstić information content (AvgIpc) is 1.76. The largest absolute Gasteiger partial charge is 0.253 e. The maximum Gasteiger partial charge on any atom is 0.253 e. The summed E-state index contributed by atoms with van der Waals surface area (Å²) in [6.07, 6.45) is -2.12. The Hall–Kier alpha value is 0.517. The third-order valence-corrected chi connectivity index (χ3v) is 3.76. The molecule has 0 saturated heterocycles. The Morgan fingerprint density at radius 2 is 1.57 bits per heavy atom. The summed E-state index contributed by atoms with van der Waals surface area (Å²) in [7, 11) is 0. The van der Waals surface area contributed by atoms with Crippen LogP contribution in [0.4, 0.5) is 17.6 Å². The summed E-state index contributed by atoms with van der Waals surface area (Å²) in [6.45, 7) is -0.669. The molecule has 0 aliphatic heterocycles. The molecule has 0 radical (unpaired) electrons. The van der Waals surface area contributed by atoms with Gasteiger partial charge in [-0.05, 0) is 19.5 Å². The fourth-order valence-electron chi connectivity index (χ4n) is 0.945. The van der Waals surface area contributed by atoms with E-state index in [1.54, 1.807) is 0 Å². The van der Waals surface area contributed by atoms with Crippen molar-refractivity contribution in [2.45, 2.75) is 44.2 Å². The molecular weight excluding hydrogens is 259 g/mol. The molecule has 0 atom stereocenters. The Morgan fingerprint density at radius 1 is 1.14 bits per heavy atom. The maximum atomic E-state index is 12.9. The van der Waals surface area contributed by atoms with E-state index in [4.69, 9.17) is 22.2 Å². The summed E-state index contributed by atoms with van der Waals surface area (Å²) in [5.74, 6) is -6.75. The van der Waals surface area contributed by atoms with Crippen LogP contribution in [0, 0.1) is 0 Å². The monoisotopic (exact) mass is 270 g/mol. The number of hydrogen-bond acceptors (Lipinski definition) is 0. The minimum absolute atomic E-state index is 0.0841. The lowest BCUT2D eigenvalue weighted by Crippen LogP contribution is -2.28. The van der Waals surface area contributed by atoms with Crippen molar-refractivity contribution < 1.29 is 17.6 Å². The molecule has 0 heterocycles. The van der Waals surface area contributed by atoms with Gasteiger partial charge in [0.25, 0.3) is 11.8 Å². The molecule has 7 heteroatoms. The average molecular weight is 271 g/mol. The van der Waals surface area contributed by atoms with E-state index < -0.39 is 31.4 Å². The van der Waals surface area contributed by atoms with E-state index in [-0.39, 0.29) is 6.04 Å². The van der Waals surface area contributed by atoms with E-state index in [0.717, 1.165) is 0 Å². The third kappa shape index (κ3) is 9.09. The summed E-state index contributed by atoms with van der Waals surface area (Å²) < 4.78 is 50.4. The molecule has 14 heavy (non-hydrogen) atoms. The Morgan fingerprint density at radius 3 is 1.86 bits per heavy atom. The van der Waals surface area contributed by atoms with E-state index in [9.17, 15) is 17.6 Å². The van der Waals surface area contributed by atoms with Gasteiger partial charge in [-0.2, -0.15) is 0 Å². The van der Waals surface area contributed by atoms with E-state index in [1.165, 1.54) is 6.55 Å². The van der Waals surface area contributed by atoms with Gasteiger partial charge in [0.1, 0.15) is 0 Å². The lowest BCUT2D eigenvalue weighted by Gasteiger charge is -2.21. The Labute approximate surface area is 91.0 Å². The molecule has 0 aromatic rings. The second-order valence-electron chi connectivity index (χ2n) is 3.67. The standard InChI is InChI=1S/C7H12Cl2F4Si/c1-6(10,11)5-7(12,13)3-4-14(2,8)9/h3-5H2,1-2H3. The smallest absolute Gasteiger partial charge is 0.207 e. The molecular formula is C7H12Cl2F4Si. The van der Waals surface area contributed by atoms with Gasteiger partial charge < -0.3 is 0 Å². The highest BCUT2D eigenvalue weighted by Gasteiger charge is 2.41. The van der Waals surface area contributed by atoms with Gasteiger partial charge in [-0.15, -0.1) is 22.2 Å². The van der Waals surface area contributed by atoms with Crippen LogP contribution in [0.1, 0.15) is 19.8 Å². The van der Waals surface area contributed by atoms with Crippen LogP contribution in [0.5, 0.6) is 0 Å². The molecule has 0 N–H and O–H groups in total. The van der Waals surface area contributed by atoms with Gasteiger partial charge in [0, 0.05) is 6.42 Å². The molecule has 0 aromatic carbocycles. The molecule has 0 aliphatic rings. The molecule has 0 amide bonds. The third-order valence-electron chi connectivity index (χ3n) is 1.50. The highest BCUT2D eigenvalue weighted by molar-refractivity contribution is 7.44. The number of alkyl halides is 4. The molecule has 0 spiro atoms. The van der Waals surface area contributed by atoms with Crippen molar-refractivity contribution in [1.82, 2.24) is 0 Å². The van der Waals surface area contributed by atoms with Crippen molar-refractivity contribution in [3.05, 3.63) is 0 Å². The molecule has 0 aliphatic carbocycles. The summed E-state index contributed by atoms with van der Waals surface area (Å²) in [5.41, 5.74) is 0. The summed E-state index contributed by atoms with van der Waals surface area (Å²) >= 11 is 11.2. The first-order valence-electron chi connectivity index (χ1n) is 4.05. The normalized spacial score (nSPS) is 14.6. The van der Waals surface area contributed by atoms with Gasteiger partial charge in [0.05, 0.1) is 6.42 Å². The second kappa shape index (κ2) is 4.57. The minimum atomic E-state index is -3.39. The Balaban J connectivity index is 4.09. The van der Waals surface area contributed by atoms with Crippen LogP contribution in [-0.4, -0.2) is 18.5 Å². The molecule has 0 fully saturated rings. The SMILES string of the molecule is CC(F)(F)CC(F)(F)CC[Si](C)(Cl)Cl. The van der Waals surface area contributed by atoms with Crippen molar-refractivity contribution >= 4 is 28.9 Å². The van der Waals surface area contributed by atoms with Crippen molar-refractivity contribution in [3.8, 4) is 0 Å². The number of hydrogen-bond donors (Lipinski definition) is 0. The predicted octanol–water partition coefficient (Wildman–Crippen LogP) is 4.61. The van der Waals surface area contributed by atoms with Gasteiger partial charge in [-0.3, -0.25) is 0 Å². The first-order valence-corrected chi connectivity index (χ1v) is 8.78. The number of halogens is 6. The fraction of sp³-hybridized carbons (Fsp3) is 1.00. The lowest BCUT2D eigenvalue weighted by atomic mass is 10.1. The van der Waals surface area contributed by atoms with Crippen LogP contribution in [0.25, 0.3) is 0 Å². The zero-order valence-corrected chi connectivity index (χ0v) is 10.4. The Bertz CT molecular complexity index is 185. The highest BCUT2D eigenvalue weighted by Crippen LogP contribution is 2.36. The van der Waals surface area contributed by atoms with Gasteiger partial charge in [0.15, 0.2) is 0 Å². The molecule has 0 saturated carbocycles. The van der Waals surface area contributed by atoms with E-state index in [0.29, 0.717) is 6.92 Å². The maximum absolute atomic E-state index is 12.9. The van der Waals surface area contributed by atoms with Gasteiger partial charge in [-0.25, -0.2) is 17.6 Å². The van der Waals surface area contributed by atoms with Crippen LogP contribution < -0.4 is 0 Å². The zero-order chi connectivity index (χ0) is 11.6. The number of rotatable bonds is 5. The van der Waals surface area contributed by atoms with Crippen LogP contribution in [0.3, 0.4) is 0 Å². The van der Waals surface area contributed by atoms with Crippen molar-refractivity contribution in [1.29, 1.82) is 0 Å². The molecule has 0 rings (SSSR count). The van der Waals surface area contributed by atoms with Crippen molar-refractivity contribution in [2.24, 2.45) is 0 Å². The van der Waals surface area contributed by atoms with E-state index in [1.807, 2.05) is 0 Å². The zero-order valence-electron chi connectivity index (χ0n) is 7.89. The summed E-state index contributed by atoms with van der Waals surface area (Å²) in [4.78, 5) is 0. The minimum Gasteiger partial charge on any atom is -0.207 e. The predicted molar refractivity (Wildman–Crippen MR) is 52.9 cm³/mol. The van der Waals surface area contributed by atoms with Gasteiger partial charge in [0.2, 0.25) is 6.69 Å². The fourth-order valence-corrected chi connectivity index (χ4v) is 2.32. The second-order valence-corrected chi connectivity index (χ2v) is 11.9. The van der Waals surface area contributed by atoms with E-state index in [2.05, 4.69) is 0 Å². The van der Waals surface area contributed by atoms with E-state index >= 15 is 0 Å². The molecule has 86 valence electrons. The molecule has 0 aromatic heterocycles. The van der Waals surface area contributed by atoms with Crippen molar-refractivity contribution in [2.75, 3.05) is 0 Å². The van der Waals surface area contributed by atoms with Crippen LogP contribution >= 0.6 is 22.2 Å². The summed E-state index contributed by atoms with van der Waals surface area (Å²) in [6, 6.07) is -0.0841. The van der Waals surface area contributed by atoms with Crippen molar-refractivity contribution in [3.63, 3.8) is 0 Å². The first-order chi connectivity index (χ1) is 5.91. The topological polar surface area (TPSA) is 0 Å². The van der Waals surface area contributed by atoms with Gasteiger partial charge >= 0.3 is 0 Å². The van der Waals surface area contributed by atoms with Crippen LogP contribution in [0.2, 0.25) is 12.6 Å². The molecule has 0 bridgehead atoms. The molecule has 0 unspecified atom stereocenters.